The van der Waals surface area contributed by atoms with Gasteiger partial charge in [-0.2, -0.15) is 25.5 Å². The van der Waals surface area contributed by atoms with E-state index in [0.29, 0.717) is 43.2 Å². The van der Waals surface area contributed by atoms with Crippen molar-refractivity contribution in [3.63, 3.8) is 0 Å². The Bertz CT molecular complexity index is 5300. The van der Waals surface area contributed by atoms with Crippen LogP contribution in [0.5, 0.6) is 5.75 Å². The number of halogens is 2. The van der Waals surface area contributed by atoms with E-state index >= 15 is 0 Å². The molecule has 0 atom stereocenters. The van der Waals surface area contributed by atoms with Gasteiger partial charge < -0.3 is 4.74 Å². The molecule has 0 N–H and O–H groups in total. The van der Waals surface area contributed by atoms with Crippen LogP contribution in [0.2, 0.25) is 9.36 Å². The Morgan fingerprint density at radius 2 is 0.819 bits per heavy atom. The van der Waals surface area contributed by atoms with Gasteiger partial charge in [-0.25, -0.2) is 23.4 Å². The highest BCUT2D eigenvalue weighted by molar-refractivity contribution is 7.15. The number of hydrogen-bond acceptors (Lipinski definition) is 20. The summed E-state index contributed by atoms with van der Waals surface area (Å²) in [6.07, 6.45) is 33.2. The zero-order valence-corrected chi connectivity index (χ0v) is 62.8. The van der Waals surface area contributed by atoms with Crippen LogP contribution in [-0.4, -0.2) is 90.5 Å². The summed E-state index contributed by atoms with van der Waals surface area (Å²) in [4.78, 5) is 77.2. The number of carbonyl (C=O) groups is 5. The van der Waals surface area contributed by atoms with Crippen molar-refractivity contribution in [2.75, 3.05) is 7.11 Å². The maximum atomic E-state index is 12.4. The van der Waals surface area contributed by atoms with Gasteiger partial charge in [-0.1, -0.05) is 108 Å². The highest BCUT2D eigenvalue weighted by atomic mass is 35.5. The van der Waals surface area contributed by atoms with Gasteiger partial charge in [-0.3, -0.25) is 34.1 Å². The maximum Gasteiger partial charge on any atom is 0.324 e. The van der Waals surface area contributed by atoms with Crippen molar-refractivity contribution < 1.29 is 33.6 Å². The largest absolute Gasteiger partial charge is 0.493 e. The second-order valence-electron chi connectivity index (χ2n) is 22.3. The minimum atomic E-state index is -0.514. The first-order valence-corrected chi connectivity index (χ1v) is 39.1. The molecule has 1 aliphatic carbocycles. The fourth-order valence-electron chi connectivity index (χ4n) is 9.93. The average Bonchev–Trinajstić information content (AvgIpc) is 1.69. The molecule has 1 saturated carbocycles. The predicted octanol–water partition coefficient (Wildman–Crippen LogP) is 20.9. The molecule has 528 valence electrons. The molecule has 28 heteroatoms. The van der Waals surface area contributed by atoms with Gasteiger partial charge in [0.25, 0.3) is 23.6 Å². The van der Waals surface area contributed by atoms with Gasteiger partial charge in [-0.15, -0.1) is 68.0 Å². The molecule has 14 aromatic rings. The number of nitro groups is 1. The van der Waals surface area contributed by atoms with Gasteiger partial charge in [0.15, 0.2) is 5.75 Å². The first-order chi connectivity index (χ1) is 51.2. The van der Waals surface area contributed by atoms with Crippen molar-refractivity contribution in [3.05, 3.63) is 315 Å². The summed E-state index contributed by atoms with van der Waals surface area (Å²) in [5.74, 6) is -0.272. The summed E-state index contributed by atoms with van der Waals surface area (Å²) >= 11 is 22.3. The van der Waals surface area contributed by atoms with E-state index in [0.717, 1.165) is 60.8 Å². The van der Waals surface area contributed by atoms with E-state index in [1.54, 1.807) is 148 Å². The summed E-state index contributed by atoms with van der Waals surface area (Å²) < 4.78 is 12.3. The Labute approximate surface area is 640 Å². The van der Waals surface area contributed by atoms with Crippen molar-refractivity contribution >= 4 is 198 Å². The third-order valence-corrected chi connectivity index (χ3v) is 21.6. The summed E-state index contributed by atoms with van der Waals surface area (Å²) in [6.45, 7) is 0. The SMILES string of the molecule is COc1c(C(=O)n2ccc(/C=C/c3cccs3)n2)csc1Cl.O=C(C1CCCCC1)n1ccc(/C=C/c2cccs2)n1.O=C(c1cccc(Cl)c1)n1ccc(/C=C/c2cccs2)n1.O=C(c1ccccc1)n1ccc(/C=C/c2cccs2)n1.O=C(c1csc([N+](=O)[O-])c1)n1ccc(/C=C/c2cccs2)n1. The lowest BCUT2D eigenvalue weighted by Gasteiger charge is -2.19. The number of benzene rings is 2. The van der Waals surface area contributed by atoms with Crippen LogP contribution in [0.25, 0.3) is 60.8 Å². The van der Waals surface area contributed by atoms with E-state index in [1.807, 2.05) is 173 Å². The molecular formula is C77H61Cl2N11O8S7. The number of thiophene rings is 7. The van der Waals surface area contributed by atoms with Crippen molar-refractivity contribution in [1.29, 1.82) is 0 Å². The fraction of sp³-hybridized carbons (Fsp3) is 0.0909. The quantitative estimate of drug-likeness (QED) is 0.0611. The molecule has 0 unspecified atom stereocenters. The minimum absolute atomic E-state index is 0.0617. The minimum Gasteiger partial charge on any atom is -0.493 e. The molecule has 0 saturated heterocycles. The number of ether oxygens (including phenoxy) is 1. The molecule has 12 heterocycles. The molecule has 0 amide bonds. The lowest BCUT2D eigenvalue weighted by molar-refractivity contribution is -0.380. The first-order valence-electron chi connectivity index (χ1n) is 32.1. The molecule has 0 radical (unpaired) electrons. The average molecular weight is 1560 g/mol. The van der Waals surface area contributed by atoms with E-state index in [4.69, 9.17) is 27.9 Å². The number of hydrogen-bond donors (Lipinski definition) is 0. The van der Waals surface area contributed by atoms with Crippen LogP contribution in [0, 0.1) is 16.0 Å². The van der Waals surface area contributed by atoms with Gasteiger partial charge in [-0.05, 0) is 191 Å². The van der Waals surface area contributed by atoms with E-state index < -0.39 is 4.92 Å². The Morgan fingerprint density at radius 1 is 0.429 bits per heavy atom. The number of carbonyl (C=O) groups excluding carboxylic acids is 5. The van der Waals surface area contributed by atoms with E-state index in [9.17, 15) is 34.1 Å². The van der Waals surface area contributed by atoms with Gasteiger partial charge in [0, 0.05) is 94.3 Å². The van der Waals surface area contributed by atoms with Crippen LogP contribution in [0.3, 0.4) is 0 Å². The fourth-order valence-corrected chi connectivity index (χ4v) is 15.0. The maximum absolute atomic E-state index is 12.4. The molecule has 15 rings (SSSR count). The van der Waals surface area contributed by atoms with Gasteiger partial charge in [0.1, 0.15) is 4.34 Å². The molecule has 0 aliphatic heterocycles. The molecule has 0 spiro atoms. The highest BCUT2D eigenvalue weighted by Crippen LogP contribution is 2.36. The van der Waals surface area contributed by atoms with Gasteiger partial charge in [0.05, 0.1) is 51.6 Å². The van der Waals surface area contributed by atoms with Crippen LogP contribution < -0.4 is 4.74 Å². The molecule has 19 nitrogen and oxygen atoms in total. The third-order valence-electron chi connectivity index (χ3n) is 15.1. The summed E-state index contributed by atoms with van der Waals surface area (Å²) in [5, 5.41) is 45.6. The second kappa shape index (κ2) is 38.1. The Kier molecular flexibility index (Phi) is 27.4. The lowest BCUT2D eigenvalue weighted by atomic mass is 9.89. The molecule has 1 fully saturated rings. The van der Waals surface area contributed by atoms with Crippen molar-refractivity contribution in [3.8, 4) is 5.75 Å². The molecule has 1 aliphatic rings. The van der Waals surface area contributed by atoms with E-state index in [1.165, 1.54) is 77.4 Å². The van der Waals surface area contributed by atoms with Gasteiger partial charge >= 0.3 is 5.00 Å². The van der Waals surface area contributed by atoms with Crippen molar-refractivity contribution in [2.45, 2.75) is 32.1 Å². The van der Waals surface area contributed by atoms with Crippen LogP contribution >= 0.6 is 103 Å². The van der Waals surface area contributed by atoms with E-state index in [2.05, 4.69) is 31.6 Å². The summed E-state index contributed by atoms with van der Waals surface area (Å²) in [5.41, 5.74) is 5.50. The van der Waals surface area contributed by atoms with Crippen LogP contribution in [-0.2, 0) is 0 Å². The highest BCUT2D eigenvalue weighted by Gasteiger charge is 2.24. The van der Waals surface area contributed by atoms with Crippen molar-refractivity contribution in [2.24, 2.45) is 5.92 Å². The second-order valence-corrected chi connectivity index (χ2v) is 30.0. The normalized spacial score (nSPS) is 12.2. The third kappa shape index (κ3) is 21.9. The van der Waals surface area contributed by atoms with Crippen molar-refractivity contribution in [1.82, 2.24) is 48.9 Å². The smallest absolute Gasteiger partial charge is 0.324 e. The number of rotatable bonds is 17. The Morgan fingerprint density at radius 3 is 1.21 bits per heavy atom. The van der Waals surface area contributed by atoms with Gasteiger partial charge in [0.2, 0.25) is 5.91 Å². The molecule has 105 heavy (non-hydrogen) atoms. The lowest BCUT2D eigenvalue weighted by Crippen LogP contribution is -2.24. The Hall–Kier alpha value is -10.8. The van der Waals surface area contributed by atoms with E-state index in [-0.39, 0.29) is 46.0 Å². The molecule has 12 aromatic heterocycles. The first kappa shape index (κ1) is 75.4. The topological polar surface area (TPSA) is 227 Å². The van der Waals surface area contributed by atoms with Crippen LogP contribution in [0.4, 0.5) is 5.00 Å². The zero-order chi connectivity index (χ0) is 73.3. The standard InChI is InChI=1S/C16H11ClN2OS.C16H18N2OS.C16H12N2OS.C15H11ClN2O2S2.C14H9N3O3S2/c17-13-4-1-3-12(11-13)16(20)19-9-8-14(18-19)6-7-15-5-2-10-21-15;2*19-16(13-5-2-1-3-6-13)18-11-10-14(17-18)8-9-15-7-4-12-20-15;1-20-13-12(9-22-14(13)16)15(19)18-7-6-10(17-18)4-5-11-3-2-8-21-11;18-14(10-8-13(17(19)20)22-9-10)16-6-5-11(15-16)3-4-12-2-1-7-21-12/h1-11H;4,7-13H,1-3,5-6H2;1-12H;2-9H,1H3;1-9H/b7-6+;2*9-8+;5-4+;4-3+. The van der Waals surface area contributed by atoms with Crippen LogP contribution in [0.15, 0.2) is 220 Å². The Balaban J connectivity index is 0.000000131. The number of nitrogens with zero attached hydrogens (tertiary/aromatic N) is 11. The number of aromatic nitrogens is 10. The summed E-state index contributed by atoms with van der Waals surface area (Å²) in [6, 6.07) is 46.3. The van der Waals surface area contributed by atoms with Crippen LogP contribution in [0.1, 0.15) is 131 Å². The predicted molar refractivity (Wildman–Crippen MR) is 428 cm³/mol. The monoisotopic (exact) mass is 1560 g/mol. The summed E-state index contributed by atoms with van der Waals surface area (Å²) in [7, 11) is 1.49. The zero-order valence-electron chi connectivity index (χ0n) is 55.5. The molecular weight excluding hydrogens is 1500 g/mol. The number of methoxy groups -OCH3 is 1. The molecule has 2 aromatic carbocycles. The molecule has 0 bridgehead atoms.